The quantitative estimate of drug-likeness (QED) is 0.280. The molecule has 3 heterocycles. The third-order valence-electron chi connectivity index (χ3n) is 6.66. The molecule has 5 aromatic rings. The van der Waals surface area contributed by atoms with Crippen LogP contribution in [0.15, 0.2) is 71.5 Å². The lowest BCUT2D eigenvalue weighted by Crippen LogP contribution is -2.29. The average Bonchev–Trinajstić information content (AvgIpc) is 2.91. The highest BCUT2D eigenvalue weighted by molar-refractivity contribution is 5.82. The maximum atomic E-state index is 13.9. The van der Waals surface area contributed by atoms with Gasteiger partial charge in [-0.15, -0.1) is 0 Å². The van der Waals surface area contributed by atoms with E-state index in [2.05, 4.69) is 20.3 Å². The van der Waals surface area contributed by atoms with Crippen LogP contribution in [0.25, 0.3) is 28.7 Å². The van der Waals surface area contributed by atoms with E-state index in [0.29, 0.717) is 29.0 Å². The molecule has 5 rings (SSSR count). The molecule has 39 heavy (non-hydrogen) atoms. The number of benzene rings is 2. The summed E-state index contributed by atoms with van der Waals surface area (Å²) in [5, 5.41) is 4.14. The van der Waals surface area contributed by atoms with Gasteiger partial charge in [-0.05, 0) is 75.2 Å². The molecule has 0 aliphatic rings. The van der Waals surface area contributed by atoms with E-state index in [9.17, 15) is 4.79 Å². The summed E-state index contributed by atoms with van der Waals surface area (Å²) in [5.41, 5.74) is 11.5. The molecule has 0 fully saturated rings. The zero-order chi connectivity index (χ0) is 27.5. The molecule has 0 aliphatic carbocycles. The van der Waals surface area contributed by atoms with E-state index in [1.54, 1.807) is 4.57 Å². The normalized spacial score (nSPS) is 12.2. The van der Waals surface area contributed by atoms with Crippen LogP contribution in [0.4, 0.5) is 11.8 Å². The number of pyridine rings is 1. The number of fused-ring (bicyclic) bond motifs is 1. The third kappa shape index (κ3) is 5.27. The number of para-hydroxylation sites is 1. The van der Waals surface area contributed by atoms with E-state index >= 15 is 0 Å². The number of nitrogens with two attached hydrogens (primary N) is 1. The van der Waals surface area contributed by atoms with Gasteiger partial charge in [0.05, 0.1) is 34.0 Å². The second kappa shape index (κ2) is 10.9. The number of aryl methyl sites for hydroxylation is 3. The Morgan fingerprint density at radius 2 is 1.67 bits per heavy atom. The summed E-state index contributed by atoms with van der Waals surface area (Å²) < 4.78 is 1.69. The van der Waals surface area contributed by atoms with Gasteiger partial charge in [-0.2, -0.15) is 4.98 Å². The molecule has 0 amide bonds. The smallest absolute Gasteiger partial charge is 0.266 e. The van der Waals surface area contributed by atoms with Crippen molar-refractivity contribution in [2.45, 2.75) is 40.2 Å². The first kappa shape index (κ1) is 25.8. The summed E-state index contributed by atoms with van der Waals surface area (Å²) in [6, 6.07) is 20.8. The number of nitrogen functional groups attached to an aromatic ring is 1. The van der Waals surface area contributed by atoms with Gasteiger partial charge in [0, 0.05) is 11.3 Å². The van der Waals surface area contributed by atoms with Crippen LogP contribution < -0.4 is 16.6 Å². The van der Waals surface area contributed by atoms with Gasteiger partial charge in [0.1, 0.15) is 11.6 Å². The lowest BCUT2D eigenvalue weighted by atomic mass is 10.1. The van der Waals surface area contributed by atoms with Crippen LogP contribution in [0, 0.1) is 20.8 Å². The Bertz CT molecular complexity index is 1740. The van der Waals surface area contributed by atoms with Gasteiger partial charge in [-0.25, -0.2) is 9.97 Å². The summed E-state index contributed by atoms with van der Waals surface area (Å²) in [6.45, 7) is 7.83. The number of hydrogen-bond donors (Lipinski definition) is 2. The first-order chi connectivity index (χ1) is 18.9. The van der Waals surface area contributed by atoms with Crippen LogP contribution >= 0.6 is 0 Å². The molecule has 1 unspecified atom stereocenters. The van der Waals surface area contributed by atoms with E-state index in [4.69, 9.17) is 10.7 Å². The van der Waals surface area contributed by atoms with Gasteiger partial charge in [-0.3, -0.25) is 14.3 Å². The Labute approximate surface area is 227 Å². The molecule has 3 aromatic heterocycles. The monoisotopic (exact) mass is 517 g/mol. The molecular formula is C31H31N7O. The topological polar surface area (TPSA) is 112 Å². The van der Waals surface area contributed by atoms with E-state index in [1.807, 2.05) is 107 Å². The molecule has 0 aliphatic heterocycles. The Morgan fingerprint density at radius 3 is 2.41 bits per heavy atom. The summed E-state index contributed by atoms with van der Waals surface area (Å²) >= 11 is 0. The molecule has 0 saturated heterocycles. The van der Waals surface area contributed by atoms with Crippen molar-refractivity contribution in [1.29, 1.82) is 0 Å². The minimum atomic E-state index is -0.347. The maximum absolute atomic E-state index is 13.9. The largest absolute Gasteiger partial charge is 0.368 e. The molecular weight excluding hydrogens is 486 g/mol. The van der Waals surface area contributed by atoms with Gasteiger partial charge in [0.15, 0.2) is 0 Å². The van der Waals surface area contributed by atoms with Gasteiger partial charge in [0.25, 0.3) is 5.56 Å². The second-order valence-corrected chi connectivity index (χ2v) is 9.49. The van der Waals surface area contributed by atoms with Gasteiger partial charge in [0.2, 0.25) is 5.95 Å². The highest BCUT2D eigenvalue weighted by atomic mass is 16.1. The summed E-state index contributed by atoms with van der Waals surface area (Å²) in [7, 11) is 0. The van der Waals surface area contributed by atoms with Crippen LogP contribution in [-0.4, -0.2) is 24.5 Å². The lowest BCUT2D eigenvalue weighted by molar-refractivity contribution is 0.658. The van der Waals surface area contributed by atoms with Crippen molar-refractivity contribution in [2.24, 2.45) is 0 Å². The predicted molar refractivity (Wildman–Crippen MR) is 158 cm³/mol. The first-order valence-electron chi connectivity index (χ1n) is 13.0. The molecule has 0 saturated carbocycles. The molecule has 3 N–H and O–H groups in total. The molecule has 8 heteroatoms. The van der Waals surface area contributed by atoms with E-state index < -0.39 is 0 Å². The maximum Gasteiger partial charge on any atom is 0.266 e. The molecule has 0 bridgehead atoms. The van der Waals surface area contributed by atoms with Crippen LogP contribution in [0.1, 0.15) is 53.4 Å². The fourth-order valence-electron chi connectivity index (χ4n) is 4.73. The number of anilines is 2. The first-order valence-corrected chi connectivity index (χ1v) is 13.0. The van der Waals surface area contributed by atoms with Crippen LogP contribution in [-0.2, 0) is 0 Å². The minimum Gasteiger partial charge on any atom is -0.368 e. The molecule has 0 radical (unpaired) electrons. The van der Waals surface area contributed by atoms with Crippen molar-refractivity contribution >= 4 is 34.8 Å². The summed E-state index contributed by atoms with van der Waals surface area (Å²) in [6.07, 6.45) is 4.51. The molecule has 8 nitrogen and oxygen atoms in total. The van der Waals surface area contributed by atoms with Crippen molar-refractivity contribution in [3.05, 3.63) is 111 Å². The van der Waals surface area contributed by atoms with Crippen molar-refractivity contribution in [1.82, 2.24) is 24.5 Å². The van der Waals surface area contributed by atoms with Crippen LogP contribution in [0.5, 0.6) is 0 Å². The average molecular weight is 518 g/mol. The van der Waals surface area contributed by atoms with Crippen molar-refractivity contribution < 1.29 is 0 Å². The molecule has 1 atom stereocenters. The number of aromatic nitrogens is 5. The van der Waals surface area contributed by atoms with E-state index in [0.717, 1.165) is 33.9 Å². The summed E-state index contributed by atoms with van der Waals surface area (Å²) in [5.74, 6) is 1.32. The van der Waals surface area contributed by atoms with Crippen LogP contribution in [0.2, 0.25) is 0 Å². The van der Waals surface area contributed by atoms with Gasteiger partial charge >= 0.3 is 0 Å². The van der Waals surface area contributed by atoms with Gasteiger partial charge in [-0.1, -0.05) is 43.3 Å². The standard InChI is InChI=1S/C31H31N7O/c1-5-25(35-28-24(21(4)34-31(32)37-28)18-17-22-13-10-12-20(3)33-22)29-36-26-16-9-11-19(2)27(26)30(39)38(29)23-14-7-6-8-15-23/h6-18,25H,5H2,1-4H3,(H3,32,34,35,37). The number of rotatable bonds is 7. The zero-order valence-electron chi connectivity index (χ0n) is 22.5. The number of nitrogens with zero attached hydrogens (tertiary/aromatic N) is 5. The van der Waals surface area contributed by atoms with Crippen molar-refractivity contribution in [2.75, 3.05) is 11.1 Å². The Balaban J connectivity index is 1.65. The van der Waals surface area contributed by atoms with E-state index in [-0.39, 0.29) is 17.5 Å². The lowest BCUT2D eigenvalue weighted by Gasteiger charge is -2.23. The number of hydrogen-bond acceptors (Lipinski definition) is 7. The Hall–Kier alpha value is -4.85. The number of nitrogens with one attached hydrogen (secondary N) is 1. The van der Waals surface area contributed by atoms with Gasteiger partial charge < -0.3 is 11.1 Å². The predicted octanol–water partition coefficient (Wildman–Crippen LogP) is 5.81. The Morgan fingerprint density at radius 1 is 0.897 bits per heavy atom. The summed E-state index contributed by atoms with van der Waals surface area (Å²) in [4.78, 5) is 32.4. The van der Waals surface area contributed by atoms with E-state index in [1.165, 1.54) is 0 Å². The van der Waals surface area contributed by atoms with Crippen molar-refractivity contribution in [3.8, 4) is 5.69 Å². The third-order valence-corrected chi connectivity index (χ3v) is 6.66. The van der Waals surface area contributed by atoms with Crippen molar-refractivity contribution in [3.63, 3.8) is 0 Å². The highest BCUT2D eigenvalue weighted by Crippen LogP contribution is 2.28. The minimum absolute atomic E-state index is 0.108. The molecule has 2 aromatic carbocycles. The Kier molecular flexibility index (Phi) is 7.19. The second-order valence-electron chi connectivity index (χ2n) is 9.49. The fourth-order valence-corrected chi connectivity index (χ4v) is 4.73. The SMILES string of the molecule is CCC(Nc1nc(N)nc(C)c1C=Cc1cccc(C)n1)c1nc2cccc(C)c2c(=O)n1-c1ccccc1. The highest BCUT2D eigenvalue weighted by Gasteiger charge is 2.22. The zero-order valence-corrected chi connectivity index (χ0v) is 22.5. The molecule has 196 valence electrons. The fraction of sp³-hybridized carbons (Fsp3) is 0.194. The van der Waals surface area contributed by atoms with Crippen LogP contribution in [0.3, 0.4) is 0 Å². The molecule has 0 spiro atoms.